The van der Waals surface area contributed by atoms with E-state index in [0.29, 0.717) is 18.7 Å². The van der Waals surface area contributed by atoms with Gasteiger partial charge in [-0.1, -0.05) is 5.92 Å². The van der Waals surface area contributed by atoms with Gasteiger partial charge in [0.15, 0.2) is 0 Å². The average molecular weight is 358 g/mol. The molecule has 3 heterocycles. The molecule has 2 aliphatic rings. The van der Waals surface area contributed by atoms with Crippen LogP contribution >= 0.6 is 0 Å². The molecule has 0 spiro atoms. The summed E-state index contributed by atoms with van der Waals surface area (Å²) in [6, 6.07) is 2.81. The van der Waals surface area contributed by atoms with E-state index < -0.39 is 11.4 Å². The molecule has 2 aromatic rings. The van der Waals surface area contributed by atoms with Gasteiger partial charge in [-0.3, -0.25) is 4.79 Å². The fourth-order valence-electron chi connectivity index (χ4n) is 3.80. The van der Waals surface area contributed by atoms with Crippen molar-refractivity contribution in [3.63, 3.8) is 0 Å². The summed E-state index contributed by atoms with van der Waals surface area (Å²) in [5, 5.41) is 10.7. The lowest BCUT2D eigenvalue weighted by molar-refractivity contribution is 0.0430. The summed E-state index contributed by atoms with van der Waals surface area (Å²) in [4.78, 5) is 13.0. The molecule has 0 saturated carbocycles. The van der Waals surface area contributed by atoms with E-state index in [-0.39, 0.29) is 35.0 Å². The molecule has 0 aliphatic carbocycles. The predicted octanol–water partition coefficient (Wildman–Crippen LogP) is 2.10. The predicted molar refractivity (Wildman–Crippen MR) is 92.7 cm³/mol. The highest BCUT2D eigenvalue weighted by Crippen LogP contribution is 2.38. The van der Waals surface area contributed by atoms with Crippen molar-refractivity contribution < 1.29 is 19.0 Å². The van der Waals surface area contributed by atoms with Crippen LogP contribution in [0.4, 0.5) is 4.39 Å². The molecule has 1 aromatic heterocycles. The molecule has 2 atom stereocenters. The normalized spacial score (nSPS) is 20.9. The third-order valence-corrected chi connectivity index (χ3v) is 4.95. The monoisotopic (exact) mass is 358 g/mol. The Balaban J connectivity index is 1.92. The van der Waals surface area contributed by atoms with Crippen LogP contribution in [0.3, 0.4) is 0 Å². The number of halogens is 1. The van der Waals surface area contributed by atoms with Gasteiger partial charge in [0.05, 0.1) is 38.0 Å². The summed E-state index contributed by atoms with van der Waals surface area (Å²) in [6.07, 6.45) is 1.65. The smallest absolute Gasteiger partial charge is 0.278 e. The third kappa shape index (κ3) is 2.49. The summed E-state index contributed by atoms with van der Waals surface area (Å²) in [5.41, 5.74) is -0.141. The van der Waals surface area contributed by atoms with Gasteiger partial charge in [0, 0.05) is 5.56 Å². The lowest BCUT2D eigenvalue weighted by Gasteiger charge is -2.13. The molecular formula is C19H19FN2O4. The number of hydrogen-bond donors (Lipinski definition) is 1. The van der Waals surface area contributed by atoms with Gasteiger partial charge in [0.1, 0.15) is 17.1 Å². The Kier molecular flexibility index (Phi) is 4.00. The molecule has 1 aromatic carbocycles. The van der Waals surface area contributed by atoms with Gasteiger partial charge in [0.2, 0.25) is 5.88 Å². The molecule has 0 amide bonds. The Bertz CT molecular complexity index is 996. The zero-order valence-corrected chi connectivity index (χ0v) is 14.6. The van der Waals surface area contributed by atoms with E-state index in [0.717, 1.165) is 12.8 Å². The van der Waals surface area contributed by atoms with E-state index in [2.05, 4.69) is 11.8 Å². The lowest BCUT2D eigenvalue weighted by atomic mass is 10.0. The number of ether oxygens (including phenoxy) is 2. The highest BCUT2D eigenvalue weighted by atomic mass is 19.1. The number of fused-ring (bicyclic) bond motifs is 3. The van der Waals surface area contributed by atoms with Crippen molar-refractivity contribution in [3.8, 4) is 34.6 Å². The summed E-state index contributed by atoms with van der Waals surface area (Å²) in [5.74, 6) is 4.71. The first kappa shape index (κ1) is 16.7. The van der Waals surface area contributed by atoms with Crippen molar-refractivity contribution in [1.82, 2.24) is 9.36 Å². The summed E-state index contributed by atoms with van der Waals surface area (Å²) in [7, 11) is 1.39. The maximum Gasteiger partial charge on any atom is 0.278 e. The third-order valence-electron chi connectivity index (χ3n) is 4.95. The van der Waals surface area contributed by atoms with Gasteiger partial charge in [0.25, 0.3) is 5.56 Å². The molecule has 1 fully saturated rings. The van der Waals surface area contributed by atoms with Crippen LogP contribution in [-0.4, -0.2) is 33.8 Å². The van der Waals surface area contributed by atoms with Crippen molar-refractivity contribution in [1.29, 1.82) is 0 Å². The Labute approximate surface area is 149 Å². The summed E-state index contributed by atoms with van der Waals surface area (Å²) < 4.78 is 28.9. The van der Waals surface area contributed by atoms with Crippen molar-refractivity contribution in [3.05, 3.63) is 33.9 Å². The van der Waals surface area contributed by atoms with Crippen LogP contribution in [0.5, 0.6) is 11.6 Å². The second-order valence-electron chi connectivity index (χ2n) is 6.54. The van der Waals surface area contributed by atoms with Crippen LogP contribution < -0.4 is 10.3 Å². The first-order valence-corrected chi connectivity index (χ1v) is 8.52. The van der Waals surface area contributed by atoms with E-state index in [9.17, 15) is 14.3 Å². The Morgan fingerprint density at radius 1 is 1.23 bits per heavy atom. The van der Waals surface area contributed by atoms with E-state index in [1.807, 2.05) is 0 Å². The molecule has 1 saturated heterocycles. The number of aromatic hydroxyl groups is 1. The minimum Gasteiger partial charge on any atom is -0.496 e. The number of aromatic nitrogens is 2. The minimum atomic E-state index is -0.657. The van der Waals surface area contributed by atoms with Crippen molar-refractivity contribution in [2.75, 3.05) is 7.11 Å². The van der Waals surface area contributed by atoms with Gasteiger partial charge < -0.3 is 14.6 Å². The quantitative estimate of drug-likeness (QED) is 0.835. The highest BCUT2D eigenvalue weighted by Gasteiger charge is 2.35. The Morgan fingerprint density at radius 2 is 1.92 bits per heavy atom. The van der Waals surface area contributed by atoms with Crippen LogP contribution in [0.15, 0.2) is 16.9 Å². The molecule has 136 valence electrons. The van der Waals surface area contributed by atoms with Crippen molar-refractivity contribution in [2.24, 2.45) is 0 Å². The number of methoxy groups -OCH3 is 1. The van der Waals surface area contributed by atoms with Gasteiger partial charge in [-0.25, -0.2) is 13.8 Å². The second kappa shape index (κ2) is 6.22. The Morgan fingerprint density at radius 3 is 2.58 bits per heavy atom. The molecule has 6 nitrogen and oxygen atoms in total. The topological polar surface area (TPSA) is 65.6 Å². The van der Waals surface area contributed by atoms with Crippen molar-refractivity contribution >= 4 is 0 Å². The number of rotatable bonds is 2. The largest absolute Gasteiger partial charge is 0.496 e. The maximum absolute atomic E-state index is 14.8. The Hall–Kier alpha value is -2.72. The van der Waals surface area contributed by atoms with Gasteiger partial charge in [-0.15, -0.1) is 5.92 Å². The van der Waals surface area contributed by atoms with E-state index >= 15 is 0 Å². The fourth-order valence-corrected chi connectivity index (χ4v) is 3.80. The van der Waals surface area contributed by atoms with Crippen LogP contribution in [0, 0.1) is 17.7 Å². The average Bonchev–Trinajstić information content (AvgIpc) is 3.05. The second-order valence-corrected chi connectivity index (χ2v) is 6.54. The van der Waals surface area contributed by atoms with E-state index in [1.54, 1.807) is 13.0 Å². The van der Waals surface area contributed by atoms with Gasteiger partial charge in [-0.2, -0.15) is 0 Å². The van der Waals surface area contributed by atoms with E-state index in [4.69, 9.17) is 9.47 Å². The summed E-state index contributed by atoms with van der Waals surface area (Å²) in [6.45, 7) is 2.35. The molecule has 2 bridgehead atoms. The zero-order chi connectivity index (χ0) is 18.4. The number of nitrogens with zero attached hydrogens (tertiary/aromatic N) is 2. The SMILES string of the molecule is CC#Cc1cc(F)c(-c2c(O)n3n(c2=O)CC2CCC(C3)O2)c(OC)c1. The molecule has 2 aliphatic heterocycles. The minimum absolute atomic E-state index is 0.0435. The number of hydrogen-bond acceptors (Lipinski definition) is 4. The molecule has 7 heteroatoms. The summed E-state index contributed by atoms with van der Waals surface area (Å²) >= 11 is 0. The van der Waals surface area contributed by atoms with Crippen LogP contribution in [0.1, 0.15) is 25.3 Å². The molecule has 2 unspecified atom stereocenters. The lowest BCUT2D eigenvalue weighted by Crippen LogP contribution is -2.28. The van der Waals surface area contributed by atoms with Gasteiger partial charge >= 0.3 is 0 Å². The molecule has 4 rings (SSSR count). The fraction of sp³-hybridized carbons (Fsp3) is 0.421. The van der Waals surface area contributed by atoms with Crippen LogP contribution in [0.2, 0.25) is 0 Å². The first-order valence-electron chi connectivity index (χ1n) is 8.52. The van der Waals surface area contributed by atoms with E-state index in [1.165, 1.54) is 22.5 Å². The molecular weight excluding hydrogens is 339 g/mol. The molecule has 1 N–H and O–H groups in total. The standard InChI is InChI=1S/C19H19FN2O4/c1-3-4-11-7-14(20)16(15(8-11)25-2)17-18(23)21-9-12-5-6-13(26-12)10-22(21)19(17)24/h7-8,12-13,23H,5-6,9-10H2,1-2H3. The van der Waals surface area contributed by atoms with Gasteiger partial charge in [-0.05, 0) is 31.9 Å². The molecule has 26 heavy (non-hydrogen) atoms. The highest BCUT2D eigenvalue weighted by molar-refractivity contribution is 5.75. The molecule has 0 radical (unpaired) electrons. The van der Waals surface area contributed by atoms with Crippen molar-refractivity contribution in [2.45, 2.75) is 45.1 Å². The zero-order valence-electron chi connectivity index (χ0n) is 14.6. The van der Waals surface area contributed by atoms with Crippen LogP contribution in [0.25, 0.3) is 11.1 Å². The van der Waals surface area contributed by atoms with Crippen LogP contribution in [-0.2, 0) is 17.8 Å². The maximum atomic E-state index is 14.8. The first-order chi connectivity index (χ1) is 12.5. The number of benzene rings is 1.